The molecule has 0 saturated heterocycles. The molecule has 2 N–H and O–H groups in total. The monoisotopic (exact) mass is 601 g/mol. The van der Waals surface area contributed by atoms with Gasteiger partial charge in [-0.3, -0.25) is 4.99 Å². The number of hydrogen-bond acceptors (Lipinski definition) is 4. The molecule has 0 spiro atoms. The van der Waals surface area contributed by atoms with Crippen LogP contribution >= 0.6 is 34.8 Å². The highest BCUT2D eigenvalue weighted by Crippen LogP contribution is 2.35. The lowest BCUT2D eigenvalue weighted by molar-refractivity contribution is 0.0696. The van der Waals surface area contributed by atoms with Crippen molar-refractivity contribution in [2.75, 3.05) is 13.2 Å². The van der Waals surface area contributed by atoms with E-state index in [-0.39, 0.29) is 18.1 Å². The van der Waals surface area contributed by atoms with E-state index in [9.17, 15) is 9.90 Å². The third-order valence-corrected chi connectivity index (χ3v) is 7.63. The molecular formula is C32H34Cl3NO4. The molecule has 5 nitrogen and oxygen atoms in total. The molecular weight excluding hydrogens is 569 g/mol. The van der Waals surface area contributed by atoms with E-state index in [1.807, 2.05) is 38.1 Å². The smallest absolute Gasteiger partial charge is 0.335 e. The van der Waals surface area contributed by atoms with Gasteiger partial charge in [-0.1, -0.05) is 79.8 Å². The summed E-state index contributed by atoms with van der Waals surface area (Å²) < 4.78 is 6.13. The van der Waals surface area contributed by atoms with Crippen LogP contribution in [-0.4, -0.2) is 40.6 Å². The summed E-state index contributed by atoms with van der Waals surface area (Å²) >= 11 is 19.6. The Hall–Kier alpha value is -2.83. The van der Waals surface area contributed by atoms with E-state index in [0.717, 1.165) is 22.3 Å². The number of nitrogens with zero attached hydrogens (tertiary/aromatic N) is 1. The SMILES string of the molecule is CC.CC(Cc1ccc(OCC2=C(C(C)(C)O)CN=C2c2c(Cl)cccc2Cl)cc1Cl)c1ccc(C(=O)O)cc1. The molecule has 0 amide bonds. The maximum atomic E-state index is 11.1. The van der Waals surface area contributed by atoms with Crippen molar-refractivity contribution in [1.82, 2.24) is 0 Å². The maximum Gasteiger partial charge on any atom is 0.335 e. The highest BCUT2D eigenvalue weighted by molar-refractivity contribution is 6.41. The van der Waals surface area contributed by atoms with Gasteiger partial charge < -0.3 is 14.9 Å². The fourth-order valence-corrected chi connectivity index (χ4v) is 5.33. The van der Waals surface area contributed by atoms with Gasteiger partial charge in [-0.15, -0.1) is 0 Å². The van der Waals surface area contributed by atoms with Gasteiger partial charge in [0.15, 0.2) is 0 Å². The van der Waals surface area contributed by atoms with Crippen LogP contribution in [0.15, 0.2) is 76.8 Å². The summed E-state index contributed by atoms with van der Waals surface area (Å²) in [4.78, 5) is 15.8. The Morgan fingerprint density at radius 3 is 2.17 bits per heavy atom. The predicted octanol–water partition coefficient (Wildman–Crippen LogP) is 8.67. The molecule has 0 aliphatic carbocycles. The Labute approximate surface area is 251 Å². The summed E-state index contributed by atoms with van der Waals surface area (Å²) in [6.07, 6.45) is 0.682. The Morgan fingerprint density at radius 1 is 1.00 bits per heavy atom. The van der Waals surface area contributed by atoms with Crippen LogP contribution < -0.4 is 4.74 Å². The van der Waals surface area contributed by atoms with Crippen molar-refractivity contribution in [1.29, 1.82) is 0 Å². The molecule has 1 aliphatic heterocycles. The van der Waals surface area contributed by atoms with Crippen molar-refractivity contribution in [2.24, 2.45) is 4.99 Å². The van der Waals surface area contributed by atoms with Crippen molar-refractivity contribution >= 4 is 46.5 Å². The molecule has 1 heterocycles. The number of aliphatic imine (C=N–C) groups is 1. The van der Waals surface area contributed by atoms with Crippen molar-refractivity contribution < 1.29 is 19.7 Å². The van der Waals surface area contributed by atoms with Crippen LogP contribution in [0.5, 0.6) is 5.75 Å². The molecule has 0 radical (unpaired) electrons. The number of carboxylic acid groups (broad SMARTS) is 1. The van der Waals surface area contributed by atoms with Crippen molar-refractivity contribution in [3.63, 3.8) is 0 Å². The van der Waals surface area contributed by atoms with Crippen molar-refractivity contribution in [3.8, 4) is 5.75 Å². The number of carbonyl (C=O) groups is 1. The second-order valence-electron chi connectivity index (χ2n) is 9.85. The van der Waals surface area contributed by atoms with Gasteiger partial charge in [0.2, 0.25) is 0 Å². The Morgan fingerprint density at radius 2 is 1.62 bits per heavy atom. The molecule has 0 bridgehead atoms. The second kappa shape index (κ2) is 13.7. The normalized spacial score (nSPS) is 13.9. The molecule has 0 saturated carbocycles. The zero-order valence-electron chi connectivity index (χ0n) is 23.3. The van der Waals surface area contributed by atoms with E-state index in [2.05, 4.69) is 11.9 Å². The number of benzene rings is 3. The first-order chi connectivity index (χ1) is 19.0. The first-order valence-electron chi connectivity index (χ1n) is 13.1. The lowest BCUT2D eigenvalue weighted by Gasteiger charge is -2.22. The third kappa shape index (κ3) is 7.46. The summed E-state index contributed by atoms with van der Waals surface area (Å²) in [6.45, 7) is 9.99. The van der Waals surface area contributed by atoms with Crippen LogP contribution in [0.25, 0.3) is 0 Å². The Bertz CT molecular complexity index is 1400. The first kappa shape index (κ1) is 31.7. The van der Waals surface area contributed by atoms with Gasteiger partial charge in [-0.05, 0) is 79.3 Å². The van der Waals surface area contributed by atoms with E-state index in [1.54, 1.807) is 50.2 Å². The van der Waals surface area contributed by atoms with Crippen LogP contribution in [0, 0.1) is 0 Å². The summed E-state index contributed by atoms with van der Waals surface area (Å²) in [5.41, 5.74) is 3.86. The molecule has 0 aromatic heterocycles. The predicted molar refractivity (Wildman–Crippen MR) is 165 cm³/mol. The fraction of sp³-hybridized carbons (Fsp3) is 0.312. The minimum absolute atomic E-state index is 0.138. The minimum Gasteiger partial charge on any atom is -0.489 e. The maximum absolute atomic E-state index is 11.1. The zero-order chi connectivity index (χ0) is 29.6. The van der Waals surface area contributed by atoms with E-state index in [0.29, 0.717) is 45.1 Å². The lowest BCUT2D eigenvalue weighted by Crippen LogP contribution is -2.26. The molecule has 40 heavy (non-hydrogen) atoms. The summed E-state index contributed by atoms with van der Waals surface area (Å²) in [5.74, 6) is -0.227. The number of aromatic carboxylic acids is 1. The molecule has 212 valence electrons. The van der Waals surface area contributed by atoms with Gasteiger partial charge in [0.25, 0.3) is 0 Å². The van der Waals surface area contributed by atoms with Crippen molar-refractivity contribution in [2.45, 2.75) is 52.6 Å². The van der Waals surface area contributed by atoms with Gasteiger partial charge in [0.05, 0.1) is 33.5 Å². The summed E-state index contributed by atoms with van der Waals surface area (Å²) in [6, 6.07) is 17.7. The Balaban J connectivity index is 0.00000216. The van der Waals surface area contributed by atoms with Crippen LogP contribution in [0.4, 0.5) is 0 Å². The lowest BCUT2D eigenvalue weighted by atomic mass is 9.91. The third-order valence-electron chi connectivity index (χ3n) is 6.64. The molecule has 0 fully saturated rings. The topological polar surface area (TPSA) is 79.1 Å². The van der Waals surface area contributed by atoms with E-state index in [1.165, 1.54) is 0 Å². The van der Waals surface area contributed by atoms with Gasteiger partial charge in [-0.25, -0.2) is 4.79 Å². The fourth-order valence-electron chi connectivity index (χ4n) is 4.50. The number of hydrogen-bond donors (Lipinski definition) is 2. The van der Waals surface area contributed by atoms with E-state index >= 15 is 0 Å². The molecule has 3 aromatic carbocycles. The number of halogens is 3. The zero-order valence-corrected chi connectivity index (χ0v) is 25.5. The first-order valence-corrected chi connectivity index (χ1v) is 14.3. The number of carboxylic acids is 1. The van der Waals surface area contributed by atoms with Gasteiger partial charge in [-0.2, -0.15) is 0 Å². The molecule has 8 heteroatoms. The highest BCUT2D eigenvalue weighted by Gasteiger charge is 2.32. The molecule has 1 atom stereocenters. The molecule has 4 rings (SSSR count). The Kier molecular flexibility index (Phi) is 10.8. The van der Waals surface area contributed by atoms with E-state index in [4.69, 9.17) is 44.6 Å². The molecule has 1 unspecified atom stereocenters. The van der Waals surface area contributed by atoms with Crippen LogP contribution in [0.3, 0.4) is 0 Å². The molecule has 1 aliphatic rings. The second-order valence-corrected chi connectivity index (χ2v) is 11.1. The van der Waals surface area contributed by atoms with Crippen LogP contribution in [0.1, 0.15) is 67.6 Å². The minimum atomic E-state index is -1.10. The standard InChI is InChI=1S/C30H28Cl3NO4.C2H6/c1-17(18-7-9-19(10-8-18)29(35)36)13-20-11-12-21(14-26(20)33)38-16-22-23(30(2,3)37)15-34-28(22)27-24(31)5-4-6-25(27)32;1-2/h4-12,14,17,37H,13,15-16H2,1-3H3,(H,35,36);1-2H3. The van der Waals surface area contributed by atoms with Crippen molar-refractivity contribution in [3.05, 3.63) is 109 Å². The molecule has 3 aromatic rings. The van der Waals surface area contributed by atoms with Gasteiger partial charge >= 0.3 is 5.97 Å². The number of aliphatic hydroxyl groups is 1. The van der Waals surface area contributed by atoms with Gasteiger partial charge in [0, 0.05) is 16.2 Å². The highest BCUT2D eigenvalue weighted by atomic mass is 35.5. The van der Waals surface area contributed by atoms with Crippen LogP contribution in [0.2, 0.25) is 15.1 Å². The number of ether oxygens (including phenoxy) is 1. The summed E-state index contributed by atoms with van der Waals surface area (Å²) in [7, 11) is 0. The van der Waals surface area contributed by atoms with E-state index < -0.39 is 11.6 Å². The average Bonchev–Trinajstić information content (AvgIpc) is 3.34. The average molecular weight is 603 g/mol. The van der Waals surface area contributed by atoms with Crippen LogP contribution in [-0.2, 0) is 6.42 Å². The summed E-state index contributed by atoms with van der Waals surface area (Å²) in [5, 5.41) is 21.4. The largest absolute Gasteiger partial charge is 0.489 e. The number of rotatable bonds is 9. The quantitative estimate of drug-likeness (QED) is 0.257. The van der Waals surface area contributed by atoms with Gasteiger partial charge in [0.1, 0.15) is 12.4 Å².